The molecular formula is C16H14BrN3O. The number of aromatic nitrogens is 2. The molecule has 5 heteroatoms. The zero-order chi connectivity index (χ0) is 14.8. The van der Waals surface area contributed by atoms with Crippen molar-refractivity contribution in [3.63, 3.8) is 0 Å². The fourth-order valence-corrected chi connectivity index (χ4v) is 2.59. The second kappa shape index (κ2) is 5.69. The van der Waals surface area contributed by atoms with Gasteiger partial charge >= 0.3 is 0 Å². The number of fused-ring (bicyclic) bond motifs is 1. The first-order valence-corrected chi connectivity index (χ1v) is 7.40. The van der Waals surface area contributed by atoms with Crippen LogP contribution in [0.2, 0.25) is 0 Å². The van der Waals surface area contributed by atoms with Crippen molar-refractivity contribution in [2.24, 2.45) is 0 Å². The van der Waals surface area contributed by atoms with Crippen LogP contribution in [0.5, 0.6) is 0 Å². The van der Waals surface area contributed by atoms with Crippen molar-refractivity contribution < 1.29 is 4.79 Å². The molecule has 0 atom stereocenters. The van der Waals surface area contributed by atoms with E-state index in [-0.39, 0.29) is 5.91 Å². The lowest BCUT2D eigenvalue weighted by atomic mass is 10.2. The molecular weight excluding hydrogens is 330 g/mol. The van der Waals surface area contributed by atoms with Gasteiger partial charge in [-0.15, -0.1) is 0 Å². The number of hydrogen-bond donors (Lipinski definition) is 1. The molecule has 0 saturated heterocycles. The molecule has 0 bridgehead atoms. The third-order valence-corrected chi connectivity index (χ3v) is 3.76. The molecule has 1 N–H and O–H groups in total. The van der Waals surface area contributed by atoms with Crippen LogP contribution in [-0.2, 0) is 6.54 Å². The number of carbonyl (C=O) groups excluding carboxylic acids is 1. The molecule has 0 aliphatic rings. The zero-order valence-electron chi connectivity index (χ0n) is 11.5. The van der Waals surface area contributed by atoms with Crippen LogP contribution in [0.4, 0.5) is 0 Å². The minimum absolute atomic E-state index is 0.106. The molecule has 1 aromatic carbocycles. The largest absolute Gasteiger partial charge is 0.346 e. The van der Waals surface area contributed by atoms with Crippen molar-refractivity contribution in [1.82, 2.24) is 14.7 Å². The van der Waals surface area contributed by atoms with Gasteiger partial charge in [-0.25, -0.2) is 4.98 Å². The Morgan fingerprint density at radius 1 is 1.29 bits per heavy atom. The summed E-state index contributed by atoms with van der Waals surface area (Å²) in [4.78, 5) is 16.6. The number of nitrogens with zero attached hydrogens (tertiary/aromatic N) is 2. The Kier molecular flexibility index (Phi) is 3.75. The van der Waals surface area contributed by atoms with Gasteiger partial charge < -0.3 is 9.72 Å². The first-order chi connectivity index (χ1) is 10.1. The van der Waals surface area contributed by atoms with Gasteiger partial charge in [0.1, 0.15) is 5.65 Å². The molecule has 0 spiro atoms. The monoisotopic (exact) mass is 343 g/mol. The summed E-state index contributed by atoms with van der Waals surface area (Å²) in [5, 5.41) is 2.89. The second-order valence-corrected chi connectivity index (χ2v) is 5.74. The molecule has 0 unspecified atom stereocenters. The van der Waals surface area contributed by atoms with Crippen molar-refractivity contribution >= 4 is 27.5 Å². The van der Waals surface area contributed by atoms with Crippen molar-refractivity contribution in [1.29, 1.82) is 0 Å². The van der Waals surface area contributed by atoms with E-state index >= 15 is 0 Å². The number of benzene rings is 1. The van der Waals surface area contributed by atoms with Crippen molar-refractivity contribution in [3.05, 3.63) is 70.1 Å². The number of imidazole rings is 1. The van der Waals surface area contributed by atoms with E-state index in [4.69, 9.17) is 0 Å². The summed E-state index contributed by atoms with van der Waals surface area (Å²) in [5.41, 5.74) is 3.48. The molecule has 3 aromatic rings. The second-order valence-electron chi connectivity index (χ2n) is 4.82. The van der Waals surface area contributed by atoms with Crippen molar-refractivity contribution in [2.45, 2.75) is 13.5 Å². The Bertz CT molecular complexity index is 810. The van der Waals surface area contributed by atoms with Crippen molar-refractivity contribution in [2.75, 3.05) is 0 Å². The van der Waals surface area contributed by atoms with Crippen LogP contribution in [0.25, 0.3) is 5.65 Å². The van der Waals surface area contributed by atoms with Crippen molar-refractivity contribution in [3.8, 4) is 0 Å². The van der Waals surface area contributed by atoms with Gasteiger partial charge in [-0.3, -0.25) is 4.79 Å². The first kappa shape index (κ1) is 13.8. The fraction of sp³-hybridized carbons (Fsp3) is 0.125. The van der Waals surface area contributed by atoms with E-state index in [1.807, 2.05) is 47.9 Å². The Morgan fingerprint density at radius 3 is 2.86 bits per heavy atom. The van der Waals surface area contributed by atoms with Gasteiger partial charge in [-0.2, -0.15) is 0 Å². The number of halogens is 1. The van der Waals surface area contributed by atoms with E-state index in [9.17, 15) is 4.79 Å². The van der Waals surface area contributed by atoms with Crippen LogP contribution in [0.3, 0.4) is 0 Å². The van der Waals surface area contributed by atoms with Crippen LogP contribution >= 0.6 is 15.9 Å². The summed E-state index contributed by atoms with van der Waals surface area (Å²) in [6, 6.07) is 13.3. The summed E-state index contributed by atoms with van der Waals surface area (Å²) in [6.07, 6.45) is 1.95. The average Bonchev–Trinajstić information content (AvgIpc) is 2.89. The third kappa shape index (κ3) is 2.97. The zero-order valence-corrected chi connectivity index (χ0v) is 13.1. The molecule has 0 saturated carbocycles. The molecule has 2 heterocycles. The summed E-state index contributed by atoms with van der Waals surface area (Å²) in [7, 11) is 0. The highest BCUT2D eigenvalue weighted by molar-refractivity contribution is 9.10. The highest BCUT2D eigenvalue weighted by Crippen LogP contribution is 2.12. The molecule has 2 aromatic heterocycles. The maximum absolute atomic E-state index is 12.1. The van der Waals surface area contributed by atoms with Crippen LogP contribution in [-0.4, -0.2) is 15.3 Å². The van der Waals surface area contributed by atoms with Gasteiger partial charge in [0.05, 0.1) is 12.2 Å². The van der Waals surface area contributed by atoms with Crippen LogP contribution in [0.15, 0.2) is 53.1 Å². The SMILES string of the molecule is Cc1cccc2nc(CNC(=O)c3cccc(Br)c3)cn12. The third-order valence-electron chi connectivity index (χ3n) is 3.26. The Labute approximate surface area is 131 Å². The molecule has 1 amide bonds. The average molecular weight is 344 g/mol. The van der Waals surface area contributed by atoms with Crippen LogP contribution in [0.1, 0.15) is 21.7 Å². The normalized spacial score (nSPS) is 10.8. The van der Waals surface area contributed by atoms with Gasteiger partial charge in [0.2, 0.25) is 0 Å². The van der Waals surface area contributed by atoms with Gasteiger partial charge in [0, 0.05) is 21.9 Å². The highest BCUT2D eigenvalue weighted by atomic mass is 79.9. The highest BCUT2D eigenvalue weighted by Gasteiger charge is 2.08. The summed E-state index contributed by atoms with van der Waals surface area (Å²) in [6.45, 7) is 2.44. The van der Waals surface area contributed by atoms with Gasteiger partial charge in [0.25, 0.3) is 5.91 Å². The summed E-state index contributed by atoms with van der Waals surface area (Å²) >= 11 is 3.36. The Hall–Kier alpha value is -2.14. The molecule has 0 aliphatic carbocycles. The van der Waals surface area contributed by atoms with E-state index in [0.717, 1.165) is 21.5 Å². The Morgan fingerprint density at radius 2 is 2.10 bits per heavy atom. The number of carbonyl (C=O) groups is 1. The summed E-state index contributed by atoms with van der Waals surface area (Å²) in [5.74, 6) is -0.106. The van der Waals surface area contributed by atoms with E-state index in [1.54, 1.807) is 12.1 Å². The maximum atomic E-state index is 12.1. The summed E-state index contributed by atoms with van der Waals surface area (Å²) < 4.78 is 2.90. The lowest BCUT2D eigenvalue weighted by Gasteiger charge is -2.03. The number of nitrogens with one attached hydrogen (secondary N) is 1. The Balaban J connectivity index is 1.74. The maximum Gasteiger partial charge on any atom is 0.251 e. The van der Waals surface area contributed by atoms with Gasteiger partial charge in [-0.1, -0.05) is 28.1 Å². The standard InChI is InChI=1S/C16H14BrN3O/c1-11-4-2-7-15-19-14(10-20(11)15)9-18-16(21)12-5-3-6-13(17)8-12/h2-8,10H,9H2,1H3,(H,18,21). The topological polar surface area (TPSA) is 46.4 Å². The molecule has 3 rings (SSSR count). The lowest BCUT2D eigenvalue weighted by molar-refractivity contribution is 0.0950. The van der Waals surface area contributed by atoms with E-state index < -0.39 is 0 Å². The molecule has 0 fully saturated rings. The van der Waals surface area contributed by atoms with Gasteiger partial charge in [-0.05, 0) is 37.3 Å². The number of aryl methyl sites for hydroxylation is 1. The smallest absolute Gasteiger partial charge is 0.251 e. The lowest BCUT2D eigenvalue weighted by Crippen LogP contribution is -2.22. The van der Waals surface area contributed by atoms with Crippen LogP contribution in [0, 0.1) is 6.92 Å². The predicted octanol–water partition coefficient (Wildman–Crippen LogP) is 3.34. The van der Waals surface area contributed by atoms with E-state index in [1.165, 1.54) is 0 Å². The number of rotatable bonds is 3. The number of amides is 1. The quantitative estimate of drug-likeness (QED) is 0.792. The fourth-order valence-electron chi connectivity index (χ4n) is 2.19. The molecule has 0 aliphatic heterocycles. The molecule has 4 nitrogen and oxygen atoms in total. The number of pyridine rings is 1. The first-order valence-electron chi connectivity index (χ1n) is 6.61. The minimum Gasteiger partial charge on any atom is -0.346 e. The predicted molar refractivity (Wildman–Crippen MR) is 85.2 cm³/mol. The van der Waals surface area contributed by atoms with Gasteiger partial charge in [0.15, 0.2) is 0 Å². The minimum atomic E-state index is -0.106. The number of hydrogen-bond acceptors (Lipinski definition) is 2. The van der Waals surface area contributed by atoms with Crippen LogP contribution < -0.4 is 5.32 Å². The van der Waals surface area contributed by atoms with E-state index in [2.05, 4.69) is 26.2 Å². The molecule has 0 radical (unpaired) electrons. The molecule has 106 valence electrons. The molecule has 21 heavy (non-hydrogen) atoms. The van der Waals surface area contributed by atoms with E-state index in [0.29, 0.717) is 12.1 Å².